The lowest BCUT2D eigenvalue weighted by molar-refractivity contribution is -0.132. The summed E-state index contributed by atoms with van der Waals surface area (Å²) in [6, 6.07) is 7.44. The molecule has 0 unspecified atom stereocenters. The minimum Gasteiger partial charge on any atom is -0.394 e. The third kappa shape index (κ3) is 4.46. The Balaban J connectivity index is 1.50. The van der Waals surface area contributed by atoms with Crippen LogP contribution in [-0.2, 0) is 11.2 Å². The van der Waals surface area contributed by atoms with E-state index in [1.165, 1.54) is 12.8 Å². The first-order chi connectivity index (χ1) is 11.1. The number of piperidine rings is 1. The van der Waals surface area contributed by atoms with Crippen molar-refractivity contribution in [2.75, 3.05) is 26.2 Å². The van der Waals surface area contributed by atoms with Gasteiger partial charge in [0.1, 0.15) is 0 Å². The Morgan fingerprint density at radius 3 is 2.48 bits per heavy atom. The van der Waals surface area contributed by atoms with Crippen LogP contribution < -0.4 is 5.32 Å². The monoisotopic (exact) mass is 336 g/mol. The summed E-state index contributed by atoms with van der Waals surface area (Å²) in [5, 5.41) is 14.0. The van der Waals surface area contributed by atoms with E-state index in [4.69, 9.17) is 11.6 Å². The number of rotatable bonds is 6. The molecule has 1 aromatic rings. The molecular weight excluding hydrogens is 312 g/mol. The first-order valence-corrected chi connectivity index (χ1v) is 8.86. The zero-order chi connectivity index (χ0) is 16.3. The van der Waals surface area contributed by atoms with E-state index in [9.17, 15) is 9.90 Å². The number of carbonyl (C=O) groups is 1. The lowest BCUT2D eigenvalue weighted by Crippen LogP contribution is -2.57. The zero-order valence-electron chi connectivity index (χ0n) is 13.4. The predicted molar refractivity (Wildman–Crippen MR) is 91.5 cm³/mol. The second-order valence-corrected chi connectivity index (χ2v) is 7.38. The maximum absolute atomic E-state index is 12.4. The van der Waals surface area contributed by atoms with Crippen molar-refractivity contribution >= 4 is 17.5 Å². The quantitative estimate of drug-likeness (QED) is 0.837. The van der Waals surface area contributed by atoms with Crippen LogP contribution in [0.4, 0.5) is 0 Å². The van der Waals surface area contributed by atoms with Crippen molar-refractivity contribution in [1.82, 2.24) is 10.2 Å². The van der Waals surface area contributed by atoms with Gasteiger partial charge in [-0.15, -0.1) is 0 Å². The molecule has 0 aromatic heterocycles. The largest absolute Gasteiger partial charge is 0.394 e. The number of benzene rings is 1. The molecule has 2 fully saturated rings. The molecule has 1 saturated heterocycles. The molecule has 1 amide bonds. The normalized spacial score (nSPS) is 20.5. The average molecular weight is 337 g/mol. The van der Waals surface area contributed by atoms with Crippen molar-refractivity contribution in [3.63, 3.8) is 0 Å². The van der Waals surface area contributed by atoms with Crippen LogP contribution in [-0.4, -0.2) is 47.7 Å². The van der Waals surface area contributed by atoms with Gasteiger partial charge in [0.2, 0.25) is 5.91 Å². The number of aliphatic hydroxyl groups excluding tert-OH is 1. The van der Waals surface area contributed by atoms with E-state index < -0.39 is 0 Å². The van der Waals surface area contributed by atoms with E-state index in [2.05, 4.69) is 5.32 Å². The number of carbonyl (C=O) groups excluding carboxylic acids is 1. The lowest BCUT2D eigenvalue weighted by Gasteiger charge is -2.41. The number of nitrogens with one attached hydrogen (secondary N) is 1. The van der Waals surface area contributed by atoms with E-state index in [-0.39, 0.29) is 18.1 Å². The van der Waals surface area contributed by atoms with E-state index in [1.807, 2.05) is 29.2 Å². The Hall–Kier alpha value is -1.10. The second kappa shape index (κ2) is 7.20. The summed E-state index contributed by atoms with van der Waals surface area (Å²) in [5.74, 6) is 0.948. The molecular formula is C18H25ClN2O2. The maximum Gasteiger partial charge on any atom is 0.226 e. The fourth-order valence-electron chi connectivity index (χ4n) is 3.15. The highest BCUT2D eigenvalue weighted by Gasteiger charge is 2.36. The standard InChI is InChI=1S/C18H25ClN2O2/c19-16-5-3-14(4-6-16)11-17(23)21-9-7-18(13-22,8-10-21)20-12-15-1-2-15/h3-6,15,20,22H,1-2,7-13H2. The molecule has 1 heterocycles. The van der Waals surface area contributed by atoms with Gasteiger partial charge in [0.15, 0.2) is 0 Å². The molecule has 0 radical (unpaired) electrons. The van der Waals surface area contributed by atoms with Crippen LogP contribution in [0.15, 0.2) is 24.3 Å². The fourth-order valence-corrected chi connectivity index (χ4v) is 3.27. The number of hydrogen-bond donors (Lipinski definition) is 2. The van der Waals surface area contributed by atoms with Crippen LogP contribution in [0.25, 0.3) is 0 Å². The molecule has 4 nitrogen and oxygen atoms in total. The Morgan fingerprint density at radius 2 is 1.91 bits per heavy atom. The summed E-state index contributed by atoms with van der Waals surface area (Å²) >= 11 is 5.87. The van der Waals surface area contributed by atoms with E-state index in [0.29, 0.717) is 24.5 Å². The first kappa shape index (κ1) is 16.7. The van der Waals surface area contributed by atoms with Gasteiger partial charge in [0, 0.05) is 23.7 Å². The summed E-state index contributed by atoms with van der Waals surface area (Å²) in [7, 11) is 0. The van der Waals surface area contributed by atoms with Gasteiger partial charge in [-0.05, 0) is 55.8 Å². The number of amides is 1. The molecule has 0 atom stereocenters. The molecule has 23 heavy (non-hydrogen) atoms. The van der Waals surface area contributed by atoms with Crippen molar-refractivity contribution in [2.24, 2.45) is 5.92 Å². The summed E-state index contributed by atoms with van der Waals surface area (Å²) in [5.41, 5.74) is 0.796. The summed E-state index contributed by atoms with van der Waals surface area (Å²) < 4.78 is 0. The molecule has 2 N–H and O–H groups in total. The van der Waals surface area contributed by atoms with Crippen LogP contribution >= 0.6 is 11.6 Å². The van der Waals surface area contributed by atoms with E-state index in [0.717, 1.165) is 30.9 Å². The number of hydrogen-bond acceptors (Lipinski definition) is 3. The second-order valence-electron chi connectivity index (χ2n) is 6.95. The Bertz CT molecular complexity index is 534. The van der Waals surface area contributed by atoms with Gasteiger partial charge in [-0.1, -0.05) is 23.7 Å². The minimum atomic E-state index is -0.195. The summed E-state index contributed by atoms with van der Waals surface area (Å²) in [6.45, 7) is 2.58. The molecule has 1 aliphatic carbocycles. The van der Waals surface area contributed by atoms with Crippen LogP contribution in [0.1, 0.15) is 31.2 Å². The van der Waals surface area contributed by atoms with E-state index in [1.54, 1.807) is 0 Å². The average Bonchev–Trinajstić information content (AvgIpc) is 3.40. The SMILES string of the molecule is O=C(Cc1ccc(Cl)cc1)N1CCC(CO)(NCC2CC2)CC1. The molecule has 2 aliphatic rings. The number of nitrogens with zero attached hydrogens (tertiary/aromatic N) is 1. The van der Waals surface area contributed by atoms with Gasteiger partial charge >= 0.3 is 0 Å². The smallest absolute Gasteiger partial charge is 0.226 e. The van der Waals surface area contributed by atoms with Crippen molar-refractivity contribution in [3.05, 3.63) is 34.9 Å². The molecule has 1 aromatic carbocycles. The molecule has 5 heteroatoms. The highest BCUT2D eigenvalue weighted by Crippen LogP contribution is 2.30. The van der Waals surface area contributed by atoms with Gasteiger partial charge < -0.3 is 15.3 Å². The van der Waals surface area contributed by atoms with Crippen LogP contribution in [0.3, 0.4) is 0 Å². The highest BCUT2D eigenvalue weighted by atomic mass is 35.5. The van der Waals surface area contributed by atoms with Gasteiger partial charge in [-0.25, -0.2) is 0 Å². The van der Waals surface area contributed by atoms with Crippen molar-refractivity contribution in [3.8, 4) is 0 Å². The topological polar surface area (TPSA) is 52.6 Å². The highest BCUT2D eigenvalue weighted by molar-refractivity contribution is 6.30. The lowest BCUT2D eigenvalue weighted by atomic mass is 9.87. The number of likely N-dealkylation sites (tertiary alicyclic amines) is 1. The van der Waals surface area contributed by atoms with Crippen LogP contribution in [0.5, 0.6) is 0 Å². The first-order valence-electron chi connectivity index (χ1n) is 8.48. The van der Waals surface area contributed by atoms with Crippen LogP contribution in [0, 0.1) is 5.92 Å². The molecule has 0 bridgehead atoms. The maximum atomic E-state index is 12.4. The molecule has 0 spiro atoms. The Kier molecular flexibility index (Phi) is 5.24. The predicted octanol–water partition coefficient (Wildman–Crippen LogP) is 2.24. The molecule has 3 rings (SSSR count). The third-order valence-electron chi connectivity index (χ3n) is 5.11. The van der Waals surface area contributed by atoms with Crippen molar-refractivity contribution in [2.45, 2.75) is 37.6 Å². The minimum absolute atomic E-state index is 0.152. The van der Waals surface area contributed by atoms with Gasteiger partial charge in [0.25, 0.3) is 0 Å². The number of halogens is 1. The van der Waals surface area contributed by atoms with Gasteiger partial charge in [-0.2, -0.15) is 0 Å². The molecule has 1 aliphatic heterocycles. The van der Waals surface area contributed by atoms with Crippen molar-refractivity contribution in [1.29, 1.82) is 0 Å². The van der Waals surface area contributed by atoms with Crippen molar-refractivity contribution < 1.29 is 9.90 Å². The van der Waals surface area contributed by atoms with Gasteiger partial charge in [0.05, 0.1) is 13.0 Å². The third-order valence-corrected chi connectivity index (χ3v) is 5.36. The van der Waals surface area contributed by atoms with Gasteiger partial charge in [-0.3, -0.25) is 4.79 Å². The molecule has 126 valence electrons. The van der Waals surface area contributed by atoms with Crippen LogP contribution in [0.2, 0.25) is 5.02 Å². The number of aliphatic hydroxyl groups is 1. The Labute approximate surface area is 142 Å². The fraction of sp³-hybridized carbons (Fsp3) is 0.611. The summed E-state index contributed by atoms with van der Waals surface area (Å²) in [4.78, 5) is 14.4. The summed E-state index contributed by atoms with van der Waals surface area (Å²) in [6.07, 6.45) is 4.67. The molecule has 1 saturated carbocycles. The zero-order valence-corrected chi connectivity index (χ0v) is 14.2. The Morgan fingerprint density at radius 1 is 1.26 bits per heavy atom. The van der Waals surface area contributed by atoms with E-state index >= 15 is 0 Å².